The summed E-state index contributed by atoms with van der Waals surface area (Å²) < 4.78 is 326. The molecule has 0 heterocycles. The van der Waals surface area contributed by atoms with Crippen LogP contribution in [-0.2, 0) is 27.1 Å². The molecule has 0 bridgehead atoms. The molecule has 4 atom stereocenters. The molecular weight excluding hydrogens is 1200 g/mol. The number of hydrogen-bond acceptors (Lipinski definition) is 6. The predicted molar refractivity (Wildman–Crippen MR) is 242 cm³/mol. The molecule has 0 N–H and O–H groups in total. The Morgan fingerprint density at radius 2 is 1.01 bits per heavy atom. The first-order valence-electron chi connectivity index (χ1n) is 22.3. The van der Waals surface area contributed by atoms with Crippen molar-refractivity contribution in [2.45, 2.75) is 163 Å². The summed E-state index contributed by atoms with van der Waals surface area (Å²) in [5.74, 6) is -77.0. The third-order valence-corrected chi connectivity index (χ3v) is 17.6. The van der Waals surface area contributed by atoms with E-state index in [0.29, 0.717) is 36.5 Å². The minimum absolute atomic E-state index is 0.0669. The molecule has 29 heteroatoms. The smallest absolute Gasteiger partial charge is 0.460 e. The summed E-state index contributed by atoms with van der Waals surface area (Å²) in [6.07, 6.45) is -10.3. The number of methoxy groups -OCH3 is 2. The van der Waals surface area contributed by atoms with E-state index in [0.717, 1.165) is 5.56 Å². The van der Waals surface area contributed by atoms with E-state index in [1.165, 1.54) is 38.5 Å². The quantitative estimate of drug-likeness (QED) is 0.0336. The van der Waals surface area contributed by atoms with Gasteiger partial charge < -0.3 is 28.1 Å². The van der Waals surface area contributed by atoms with Crippen LogP contribution in [0.3, 0.4) is 0 Å². The van der Waals surface area contributed by atoms with Crippen LogP contribution in [0.1, 0.15) is 71.4 Å². The Kier molecular flexibility index (Phi) is 22.3. The Morgan fingerprint density at radius 1 is 0.560 bits per heavy atom. The van der Waals surface area contributed by atoms with Gasteiger partial charge in [0.25, 0.3) is 0 Å². The number of hydrogen-bond donors (Lipinski definition) is 0. The van der Waals surface area contributed by atoms with Crippen LogP contribution in [0.25, 0.3) is 0 Å². The predicted octanol–water partition coefficient (Wildman–Crippen LogP) is 16.6. The molecule has 434 valence electrons. The van der Waals surface area contributed by atoms with Gasteiger partial charge in [-0.1, -0.05) is 81.5 Å². The highest BCUT2D eigenvalue weighted by Crippen LogP contribution is 2.66. The van der Waals surface area contributed by atoms with Crippen LogP contribution in [0.15, 0.2) is 52.6 Å². The molecule has 2 aromatic carbocycles. The Morgan fingerprint density at radius 3 is 1.47 bits per heavy atom. The standard InChI is InChI=1S/C46H56F21IO6Si/c1-27(19-21-68)35(73-26-30-15-18-33(69-6)34(24-30)70-7)28(2)32(12-10-23-74-75(8,9)36(3,4)5)72-25-29-13-16-31(17-14-29)71-22-11-20-37(47,48)38(49,50)39(51,52)40(53,54)41(55,56)42(57,58)43(59,60)44(61,62)45(63,64)46(65,66)67/h13-19,21,24,27-28,32,35H,10-12,20,22-23,25-26H2,1-9H3/t27-,28-,32+,35-/m0/s1. The molecule has 0 spiro atoms. The number of alkyl halides is 21. The maximum absolute atomic E-state index is 14.5. The van der Waals surface area contributed by atoms with E-state index in [4.69, 9.17) is 28.1 Å². The van der Waals surface area contributed by atoms with Crippen molar-refractivity contribution in [1.29, 1.82) is 0 Å². The average Bonchev–Trinajstić information content (AvgIpc) is 3.29. The van der Waals surface area contributed by atoms with Gasteiger partial charge in [0, 0.05) is 24.9 Å². The monoisotopic (exact) mass is 1260 g/mol. The molecule has 0 aliphatic heterocycles. The number of halogens is 22. The fourth-order valence-corrected chi connectivity index (χ4v) is 8.57. The van der Waals surface area contributed by atoms with Gasteiger partial charge >= 0.3 is 59.5 Å². The second kappa shape index (κ2) is 24.5. The van der Waals surface area contributed by atoms with Crippen molar-refractivity contribution in [3.8, 4) is 17.2 Å². The van der Waals surface area contributed by atoms with E-state index in [-0.39, 0.29) is 35.8 Å². The van der Waals surface area contributed by atoms with Gasteiger partial charge in [-0.05, 0) is 76.9 Å². The fourth-order valence-electron chi connectivity index (χ4n) is 6.82. The minimum atomic E-state index is -9.22. The normalized spacial score (nSPS) is 16.3. The molecule has 0 amide bonds. The Balaban J connectivity index is 2.29. The van der Waals surface area contributed by atoms with Gasteiger partial charge in [0.15, 0.2) is 19.8 Å². The third-order valence-electron chi connectivity index (χ3n) is 12.7. The first-order chi connectivity index (χ1) is 33.8. The highest BCUT2D eigenvalue weighted by Gasteiger charge is 2.97. The lowest BCUT2D eigenvalue weighted by Crippen LogP contribution is -2.76. The van der Waals surface area contributed by atoms with Gasteiger partial charge in [-0.2, -0.15) is 92.2 Å². The van der Waals surface area contributed by atoms with E-state index in [1.807, 2.05) is 30.1 Å². The zero-order chi connectivity index (χ0) is 58.5. The first-order valence-corrected chi connectivity index (χ1v) is 26.4. The Hall–Kier alpha value is -3.06. The van der Waals surface area contributed by atoms with E-state index in [2.05, 4.69) is 56.5 Å². The lowest BCUT2D eigenvalue weighted by Gasteiger charge is -2.44. The van der Waals surface area contributed by atoms with Crippen molar-refractivity contribution in [2.75, 3.05) is 27.4 Å². The molecule has 2 aromatic rings. The number of ether oxygens (including phenoxy) is 5. The zero-order valence-corrected chi connectivity index (χ0v) is 44.6. The van der Waals surface area contributed by atoms with Crippen molar-refractivity contribution >= 4 is 30.9 Å². The number of benzene rings is 2. The van der Waals surface area contributed by atoms with Gasteiger partial charge in [-0.15, -0.1) is 0 Å². The second-order valence-corrected chi connectivity index (χ2v) is 24.5. The van der Waals surface area contributed by atoms with Gasteiger partial charge in [0.1, 0.15) is 5.75 Å². The third kappa shape index (κ3) is 14.0. The molecule has 0 aromatic heterocycles. The molecule has 2 rings (SSSR count). The summed E-state index contributed by atoms with van der Waals surface area (Å²) in [7, 11) is 0.840. The van der Waals surface area contributed by atoms with E-state index in [9.17, 15) is 92.2 Å². The summed E-state index contributed by atoms with van der Waals surface area (Å²) in [4.78, 5) is 0. The van der Waals surface area contributed by atoms with Crippen molar-refractivity contribution in [3.63, 3.8) is 0 Å². The van der Waals surface area contributed by atoms with Crippen LogP contribution in [0.5, 0.6) is 17.2 Å². The molecule has 6 nitrogen and oxygen atoms in total. The molecular formula is C46H56F21IO6Si. The molecule has 0 unspecified atom stereocenters. The largest absolute Gasteiger partial charge is 0.494 e. The van der Waals surface area contributed by atoms with Crippen molar-refractivity contribution in [3.05, 3.63) is 63.8 Å². The lowest BCUT2D eigenvalue weighted by atomic mass is 9.85. The van der Waals surface area contributed by atoms with E-state index in [1.54, 1.807) is 12.1 Å². The molecule has 0 aliphatic rings. The maximum atomic E-state index is 14.5. The topological polar surface area (TPSA) is 55.4 Å². The van der Waals surface area contributed by atoms with Crippen LogP contribution in [0.2, 0.25) is 18.1 Å². The summed E-state index contributed by atoms with van der Waals surface area (Å²) >= 11 is 2.08. The van der Waals surface area contributed by atoms with Crippen LogP contribution >= 0.6 is 22.6 Å². The zero-order valence-electron chi connectivity index (χ0n) is 41.4. The molecule has 0 aliphatic carbocycles. The molecule has 0 fully saturated rings. The summed E-state index contributed by atoms with van der Waals surface area (Å²) in [6, 6.07) is 10.4. The minimum Gasteiger partial charge on any atom is -0.494 e. The van der Waals surface area contributed by atoms with Crippen molar-refractivity contribution in [1.82, 2.24) is 0 Å². The second-order valence-electron chi connectivity index (χ2n) is 19.0. The van der Waals surface area contributed by atoms with Crippen LogP contribution in [0.4, 0.5) is 92.2 Å². The van der Waals surface area contributed by atoms with Crippen molar-refractivity contribution in [2.24, 2.45) is 11.8 Å². The maximum Gasteiger partial charge on any atom is 0.460 e. The van der Waals surface area contributed by atoms with E-state index >= 15 is 0 Å². The molecule has 75 heavy (non-hydrogen) atoms. The average molecular weight is 1260 g/mol. The lowest BCUT2D eigenvalue weighted by molar-refractivity contribution is -0.474. The summed E-state index contributed by atoms with van der Waals surface area (Å²) in [5, 5.41) is -0.0748. The summed E-state index contributed by atoms with van der Waals surface area (Å²) in [5.41, 5.74) is 1.24. The number of rotatable bonds is 30. The van der Waals surface area contributed by atoms with Gasteiger partial charge in [-0.25, -0.2) is 0 Å². The highest BCUT2D eigenvalue weighted by atomic mass is 127. The van der Waals surface area contributed by atoms with Gasteiger partial charge in [-0.3, -0.25) is 0 Å². The Bertz CT molecular complexity index is 2150. The van der Waals surface area contributed by atoms with Crippen LogP contribution < -0.4 is 14.2 Å². The van der Waals surface area contributed by atoms with E-state index < -0.39 is 99.5 Å². The SMILES string of the molecule is COc1ccc(CO[C@H]([C@@H](C)[C@@H](CCCO[Si](C)(C)C(C)(C)C)OCc2ccc(OCCCC(F)(F)C(F)(F)C(F)(F)C(F)(F)C(F)(F)C(F)(F)C(F)(F)C(F)(F)C(F)(F)C(F)(F)F)cc2)[C@@H](C)C=CI)cc1OC. The first kappa shape index (κ1) is 68.0. The molecule has 0 radical (unpaired) electrons. The fraction of sp³-hybridized carbons (Fsp3) is 0.696. The molecule has 0 saturated carbocycles. The van der Waals surface area contributed by atoms with Crippen LogP contribution in [-0.4, -0.2) is 107 Å². The van der Waals surface area contributed by atoms with Gasteiger partial charge in [0.05, 0.1) is 46.2 Å². The summed E-state index contributed by atoms with van der Waals surface area (Å²) in [6.45, 7) is 13.7. The van der Waals surface area contributed by atoms with Gasteiger partial charge in [0.2, 0.25) is 0 Å². The molecule has 0 saturated heterocycles. The van der Waals surface area contributed by atoms with Crippen molar-refractivity contribution < 1.29 is 120 Å². The highest BCUT2D eigenvalue weighted by molar-refractivity contribution is 14.1. The van der Waals surface area contributed by atoms with Crippen LogP contribution in [0, 0.1) is 11.8 Å². The Labute approximate surface area is 433 Å².